The van der Waals surface area contributed by atoms with Crippen molar-refractivity contribution < 1.29 is 14.7 Å². The lowest BCUT2D eigenvalue weighted by Gasteiger charge is -2.21. The molecule has 78 valence electrons. The lowest BCUT2D eigenvalue weighted by Crippen LogP contribution is -2.40. The van der Waals surface area contributed by atoms with Crippen molar-refractivity contribution in [3.63, 3.8) is 0 Å². The van der Waals surface area contributed by atoms with Crippen molar-refractivity contribution in [2.75, 3.05) is 6.54 Å². The molecule has 0 aromatic rings. The second-order valence-corrected chi connectivity index (χ2v) is 4.23. The molecule has 1 atom stereocenters. The highest BCUT2D eigenvalue weighted by molar-refractivity contribution is 5.84. The SMILES string of the molecule is O=C(O)C1CCCN1C(=O)CC1CC1. The van der Waals surface area contributed by atoms with Crippen LogP contribution >= 0.6 is 0 Å². The minimum Gasteiger partial charge on any atom is -0.480 e. The highest BCUT2D eigenvalue weighted by Crippen LogP contribution is 2.33. The van der Waals surface area contributed by atoms with E-state index in [9.17, 15) is 9.59 Å². The van der Waals surface area contributed by atoms with E-state index in [0.29, 0.717) is 25.3 Å². The number of hydrogen-bond donors (Lipinski definition) is 1. The molecule has 2 aliphatic rings. The Bertz CT molecular complexity index is 260. The van der Waals surface area contributed by atoms with Crippen molar-refractivity contribution in [1.29, 1.82) is 0 Å². The zero-order valence-electron chi connectivity index (χ0n) is 8.11. The summed E-state index contributed by atoms with van der Waals surface area (Å²) < 4.78 is 0. The highest BCUT2D eigenvalue weighted by atomic mass is 16.4. The highest BCUT2D eigenvalue weighted by Gasteiger charge is 2.36. The number of aliphatic carboxylic acids is 1. The Balaban J connectivity index is 1.93. The molecule has 4 heteroatoms. The Kier molecular flexibility index (Phi) is 2.44. The predicted molar refractivity (Wildman–Crippen MR) is 49.7 cm³/mol. The molecular weight excluding hydrogens is 182 g/mol. The van der Waals surface area contributed by atoms with E-state index in [1.165, 1.54) is 0 Å². The number of amides is 1. The molecule has 2 rings (SSSR count). The maximum absolute atomic E-state index is 11.7. The standard InChI is InChI=1S/C10H15NO3/c12-9(6-7-3-4-7)11-5-1-2-8(11)10(13)14/h7-8H,1-6H2,(H,13,14). The van der Waals surface area contributed by atoms with Crippen LogP contribution in [0.2, 0.25) is 0 Å². The van der Waals surface area contributed by atoms with Gasteiger partial charge in [0.1, 0.15) is 6.04 Å². The summed E-state index contributed by atoms with van der Waals surface area (Å²) in [6.45, 7) is 0.628. The lowest BCUT2D eigenvalue weighted by atomic mass is 10.2. The van der Waals surface area contributed by atoms with Crippen molar-refractivity contribution in [2.24, 2.45) is 5.92 Å². The van der Waals surface area contributed by atoms with Gasteiger partial charge in [0.2, 0.25) is 5.91 Å². The van der Waals surface area contributed by atoms with E-state index in [-0.39, 0.29) is 5.91 Å². The van der Waals surface area contributed by atoms with Gasteiger partial charge in [-0.1, -0.05) is 0 Å². The fourth-order valence-corrected chi connectivity index (χ4v) is 2.01. The molecular formula is C10H15NO3. The first-order chi connectivity index (χ1) is 6.68. The fraction of sp³-hybridized carbons (Fsp3) is 0.800. The average Bonchev–Trinajstić information content (AvgIpc) is 2.81. The number of nitrogens with zero attached hydrogens (tertiary/aromatic N) is 1. The summed E-state index contributed by atoms with van der Waals surface area (Å²) >= 11 is 0. The first-order valence-corrected chi connectivity index (χ1v) is 5.21. The molecule has 0 radical (unpaired) electrons. The van der Waals surface area contributed by atoms with E-state index in [1.807, 2.05) is 0 Å². The number of carbonyl (C=O) groups excluding carboxylic acids is 1. The average molecular weight is 197 g/mol. The van der Waals surface area contributed by atoms with Crippen LogP contribution in [0.4, 0.5) is 0 Å². The van der Waals surface area contributed by atoms with Crippen LogP contribution in [0.15, 0.2) is 0 Å². The number of carboxylic acids is 1. The maximum atomic E-state index is 11.7. The number of hydrogen-bond acceptors (Lipinski definition) is 2. The van der Waals surface area contributed by atoms with Crippen LogP contribution in [0.25, 0.3) is 0 Å². The molecule has 1 heterocycles. The summed E-state index contributed by atoms with van der Waals surface area (Å²) in [5.41, 5.74) is 0. The smallest absolute Gasteiger partial charge is 0.326 e. The first-order valence-electron chi connectivity index (χ1n) is 5.21. The van der Waals surface area contributed by atoms with Crippen molar-refractivity contribution in [3.8, 4) is 0 Å². The van der Waals surface area contributed by atoms with Crippen molar-refractivity contribution in [1.82, 2.24) is 4.90 Å². The fourth-order valence-electron chi connectivity index (χ4n) is 2.01. The van der Waals surface area contributed by atoms with E-state index in [1.54, 1.807) is 4.90 Å². The van der Waals surface area contributed by atoms with E-state index in [4.69, 9.17) is 5.11 Å². The quantitative estimate of drug-likeness (QED) is 0.730. The van der Waals surface area contributed by atoms with Crippen molar-refractivity contribution in [2.45, 2.75) is 38.1 Å². The lowest BCUT2D eigenvalue weighted by molar-refractivity contribution is -0.148. The summed E-state index contributed by atoms with van der Waals surface area (Å²) in [6, 6.07) is -0.554. The summed E-state index contributed by atoms with van der Waals surface area (Å²) in [7, 11) is 0. The van der Waals surface area contributed by atoms with Crippen LogP contribution in [0.1, 0.15) is 32.1 Å². The van der Waals surface area contributed by atoms with E-state index in [2.05, 4.69) is 0 Å². The minimum atomic E-state index is -0.855. The largest absolute Gasteiger partial charge is 0.480 e. The molecule has 1 aliphatic carbocycles. The van der Waals surface area contributed by atoms with E-state index in [0.717, 1.165) is 19.3 Å². The molecule has 1 saturated heterocycles. The van der Waals surface area contributed by atoms with Crippen LogP contribution in [0.5, 0.6) is 0 Å². The monoisotopic (exact) mass is 197 g/mol. The molecule has 1 N–H and O–H groups in total. The Hall–Kier alpha value is -1.06. The molecule has 0 spiro atoms. The summed E-state index contributed by atoms with van der Waals surface area (Å²) in [6.07, 6.45) is 4.28. The zero-order chi connectivity index (χ0) is 10.1. The minimum absolute atomic E-state index is 0.0393. The van der Waals surface area contributed by atoms with E-state index < -0.39 is 12.0 Å². The summed E-state index contributed by atoms with van der Waals surface area (Å²) in [5.74, 6) is -0.276. The van der Waals surface area contributed by atoms with Crippen LogP contribution in [0.3, 0.4) is 0 Å². The van der Waals surface area contributed by atoms with Crippen LogP contribution < -0.4 is 0 Å². The molecule has 1 saturated carbocycles. The van der Waals surface area contributed by atoms with Gasteiger partial charge in [-0.25, -0.2) is 4.79 Å². The second kappa shape index (κ2) is 3.59. The van der Waals surface area contributed by atoms with Gasteiger partial charge in [0.15, 0.2) is 0 Å². The van der Waals surface area contributed by atoms with Crippen molar-refractivity contribution in [3.05, 3.63) is 0 Å². The Labute approximate surface area is 82.9 Å². The maximum Gasteiger partial charge on any atom is 0.326 e. The molecule has 14 heavy (non-hydrogen) atoms. The molecule has 1 aliphatic heterocycles. The molecule has 1 unspecified atom stereocenters. The van der Waals surface area contributed by atoms with Gasteiger partial charge in [-0.3, -0.25) is 4.79 Å². The number of carboxylic acid groups (broad SMARTS) is 1. The van der Waals surface area contributed by atoms with Gasteiger partial charge in [0.05, 0.1) is 0 Å². The third-order valence-corrected chi connectivity index (χ3v) is 3.02. The van der Waals surface area contributed by atoms with Gasteiger partial charge in [0.25, 0.3) is 0 Å². The van der Waals surface area contributed by atoms with Gasteiger partial charge >= 0.3 is 5.97 Å². The first kappa shape index (κ1) is 9.49. The molecule has 0 aromatic carbocycles. The van der Waals surface area contributed by atoms with Crippen LogP contribution in [0, 0.1) is 5.92 Å². The second-order valence-electron chi connectivity index (χ2n) is 4.23. The Morgan fingerprint density at radius 3 is 2.57 bits per heavy atom. The van der Waals surface area contributed by atoms with Gasteiger partial charge < -0.3 is 10.0 Å². The normalized spacial score (nSPS) is 26.6. The predicted octanol–water partition coefficient (Wildman–Crippen LogP) is 0.862. The third-order valence-electron chi connectivity index (χ3n) is 3.02. The Morgan fingerprint density at radius 2 is 2.00 bits per heavy atom. The molecule has 0 aromatic heterocycles. The summed E-state index contributed by atoms with van der Waals surface area (Å²) in [5, 5.41) is 8.89. The molecule has 2 fully saturated rings. The molecule has 0 bridgehead atoms. The van der Waals surface area contributed by atoms with Gasteiger partial charge in [-0.2, -0.15) is 0 Å². The van der Waals surface area contributed by atoms with Gasteiger partial charge in [-0.15, -0.1) is 0 Å². The van der Waals surface area contributed by atoms with Crippen LogP contribution in [-0.4, -0.2) is 34.5 Å². The van der Waals surface area contributed by atoms with E-state index >= 15 is 0 Å². The molecule has 4 nitrogen and oxygen atoms in total. The van der Waals surface area contributed by atoms with Crippen molar-refractivity contribution >= 4 is 11.9 Å². The number of carbonyl (C=O) groups is 2. The van der Waals surface area contributed by atoms with Gasteiger partial charge in [-0.05, 0) is 31.6 Å². The van der Waals surface area contributed by atoms with Gasteiger partial charge in [0, 0.05) is 13.0 Å². The molecule has 1 amide bonds. The zero-order valence-corrected chi connectivity index (χ0v) is 8.11. The van der Waals surface area contributed by atoms with Crippen LogP contribution in [-0.2, 0) is 9.59 Å². The number of rotatable bonds is 3. The Morgan fingerprint density at radius 1 is 1.29 bits per heavy atom. The summed E-state index contributed by atoms with van der Waals surface area (Å²) in [4.78, 5) is 24.0. The topological polar surface area (TPSA) is 57.6 Å². The number of likely N-dealkylation sites (tertiary alicyclic amines) is 1. The third kappa shape index (κ3) is 1.89.